The van der Waals surface area contributed by atoms with Crippen LogP contribution in [0.25, 0.3) is 0 Å². The normalized spacial score (nSPS) is 14.6. The summed E-state index contributed by atoms with van der Waals surface area (Å²) in [6.45, 7) is 2.76. The fourth-order valence-corrected chi connectivity index (χ4v) is 3.73. The Morgan fingerprint density at radius 1 is 0.960 bits per heavy atom. The molecule has 25 heavy (non-hydrogen) atoms. The standard InChI is InChI=1S/C19H20F2N2OS/c20-16-5-7-17(8-6-16)22-9-11-23(12-10-22)19(24)14-25-13-15-3-1-2-4-18(15)21/h1-8H,9-14H2. The van der Waals surface area contributed by atoms with Crippen molar-refractivity contribution >= 4 is 23.4 Å². The Hall–Kier alpha value is -2.08. The van der Waals surface area contributed by atoms with Gasteiger partial charge in [-0.1, -0.05) is 18.2 Å². The Balaban J connectivity index is 1.44. The van der Waals surface area contributed by atoms with Crippen LogP contribution in [-0.4, -0.2) is 42.7 Å². The second-order valence-corrected chi connectivity index (χ2v) is 6.91. The monoisotopic (exact) mass is 362 g/mol. The van der Waals surface area contributed by atoms with Gasteiger partial charge in [0.1, 0.15) is 11.6 Å². The van der Waals surface area contributed by atoms with E-state index in [2.05, 4.69) is 4.90 Å². The maximum Gasteiger partial charge on any atom is 0.232 e. The molecule has 0 radical (unpaired) electrons. The number of amides is 1. The van der Waals surface area contributed by atoms with E-state index in [1.807, 2.05) is 4.90 Å². The van der Waals surface area contributed by atoms with E-state index in [0.717, 1.165) is 18.8 Å². The Labute approximate surface area is 150 Å². The molecule has 0 spiro atoms. The number of piperazine rings is 1. The lowest BCUT2D eigenvalue weighted by atomic mass is 10.2. The maximum absolute atomic E-state index is 13.6. The minimum atomic E-state index is -0.246. The van der Waals surface area contributed by atoms with E-state index in [9.17, 15) is 13.6 Å². The van der Waals surface area contributed by atoms with Gasteiger partial charge in [-0.3, -0.25) is 4.79 Å². The molecule has 3 nitrogen and oxygen atoms in total. The van der Waals surface area contributed by atoms with E-state index in [-0.39, 0.29) is 17.5 Å². The largest absolute Gasteiger partial charge is 0.368 e. The molecule has 1 heterocycles. The van der Waals surface area contributed by atoms with E-state index in [1.54, 1.807) is 30.3 Å². The molecule has 1 fully saturated rings. The van der Waals surface area contributed by atoms with Gasteiger partial charge in [0.25, 0.3) is 0 Å². The highest BCUT2D eigenvalue weighted by Crippen LogP contribution is 2.19. The van der Waals surface area contributed by atoms with Crippen LogP contribution in [0, 0.1) is 11.6 Å². The van der Waals surface area contributed by atoms with Gasteiger partial charge in [-0.2, -0.15) is 0 Å². The van der Waals surface area contributed by atoms with Gasteiger partial charge in [-0.25, -0.2) is 8.78 Å². The lowest BCUT2D eigenvalue weighted by Crippen LogP contribution is -2.49. The van der Waals surface area contributed by atoms with Crippen molar-refractivity contribution in [2.75, 3.05) is 36.8 Å². The average molecular weight is 362 g/mol. The number of carbonyl (C=O) groups is 1. The number of carbonyl (C=O) groups excluding carboxylic acids is 1. The molecule has 0 atom stereocenters. The molecule has 132 valence electrons. The van der Waals surface area contributed by atoms with Gasteiger partial charge < -0.3 is 9.80 Å². The van der Waals surface area contributed by atoms with Crippen molar-refractivity contribution < 1.29 is 13.6 Å². The summed E-state index contributed by atoms with van der Waals surface area (Å²) in [4.78, 5) is 16.3. The molecule has 3 rings (SSSR count). The van der Waals surface area contributed by atoms with Crippen LogP contribution in [0.3, 0.4) is 0 Å². The molecule has 0 bridgehead atoms. The minimum Gasteiger partial charge on any atom is -0.368 e. The molecule has 6 heteroatoms. The van der Waals surface area contributed by atoms with Crippen LogP contribution in [0.5, 0.6) is 0 Å². The second-order valence-electron chi connectivity index (χ2n) is 5.93. The summed E-state index contributed by atoms with van der Waals surface area (Å²) in [6, 6.07) is 13.1. The predicted octanol–water partition coefficient (Wildman–Crippen LogP) is 3.55. The zero-order valence-electron chi connectivity index (χ0n) is 13.8. The Kier molecular flexibility index (Phi) is 5.91. The molecule has 1 aliphatic rings. The Morgan fingerprint density at radius 3 is 2.32 bits per heavy atom. The fraction of sp³-hybridized carbons (Fsp3) is 0.316. The third kappa shape index (κ3) is 4.72. The van der Waals surface area contributed by atoms with Crippen molar-refractivity contribution in [1.82, 2.24) is 4.90 Å². The van der Waals surface area contributed by atoms with E-state index < -0.39 is 0 Å². The number of benzene rings is 2. The highest BCUT2D eigenvalue weighted by atomic mass is 32.2. The third-order valence-electron chi connectivity index (χ3n) is 4.27. The van der Waals surface area contributed by atoms with Gasteiger partial charge >= 0.3 is 0 Å². The first kappa shape index (κ1) is 17.7. The Morgan fingerprint density at radius 2 is 1.64 bits per heavy atom. The number of rotatable bonds is 5. The van der Waals surface area contributed by atoms with Crippen molar-refractivity contribution in [3.8, 4) is 0 Å². The van der Waals surface area contributed by atoms with Crippen molar-refractivity contribution in [2.45, 2.75) is 5.75 Å². The molecular weight excluding hydrogens is 342 g/mol. The van der Waals surface area contributed by atoms with Crippen molar-refractivity contribution in [1.29, 1.82) is 0 Å². The van der Waals surface area contributed by atoms with Gasteiger partial charge in [0, 0.05) is 37.6 Å². The molecule has 0 N–H and O–H groups in total. The smallest absolute Gasteiger partial charge is 0.232 e. The molecule has 0 aliphatic carbocycles. The van der Waals surface area contributed by atoms with Crippen LogP contribution in [-0.2, 0) is 10.5 Å². The Bertz CT molecular complexity index is 716. The maximum atomic E-state index is 13.6. The van der Waals surface area contributed by atoms with Gasteiger partial charge in [-0.05, 0) is 35.9 Å². The molecule has 0 unspecified atom stereocenters. The van der Waals surface area contributed by atoms with Gasteiger partial charge in [-0.15, -0.1) is 11.8 Å². The molecular formula is C19H20F2N2OS. The first-order valence-electron chi connectivity index (χ1n) is 8.23. The van der Waals surface area contributed by atoms with Crippen molar-refractivity contribution in [3.05, 3.63) is 65.7 Å². The summed E-state index contributed by atoms with van der Waals surface area (Å²) < 4.78 is 26.6. The number of anilines is 1. The third-order valence-corrected chi connectivity index (χ3v) is 5.23. The minimum absolute atomic E-state index is 0.0834. The number of hydrogen-bond donors (Lipinski definition) is 0. The molecule has 1 saturated heterocycles. The van der Waals surface area contributed by atoms with E-state index in [4.69, 9.17) is 0 Å². The summed E-state index contributed by atoms with van der Waals surface area (Å²) in [6.07, 6.45) is 0. The molecule has 2 aromatic carbocycles. The van der Waals surface area contributed by atoms with Crippen LogP contribution in [0.15, 0.2) is 48.5 Å². The van der Waals surface area contributed by atoms with Crippen molar-refractivity contribution in [3.63, 3.8) is 0 Å². The number of nitrogens with zero attached hydrogens (tertiary/aromatic N) is 2. The number of halogens is 2. The molecule has 0 saturated carbocycles. The zero-order chi connectivity index (χ0) is 17.6. The lowest BCUT2D eigenvalue weighted by Gasteiger charge is -2.36. The molecule has 1 aliphatic heterocycles. The molecule has 1 amide bonds. The number of thioether (sulfide) groups is 1. The van der Waals surface area contributed by atoms with Crippen LogP contribution < -0.4 is 4.90 Å². The van der Waals surface area contributed by atoms with E-state index >= 15 is 0 Å². The van der Waals surface area contributed by atoms with E-state index in [1.165, 1.54) is 30.0 Å². The quantitative estimate of drug-likeness (QED) is 0.813. The summed E-state index contributed by atoms with van der Waals surface area (Å²) in [5.41, 5.74) is 1.60. The summed E-state index contributed by atoms with van der Waals surface area (Å²) >= 11 is 1.43. The summed E-state index contributed by atoms with van der Waals surface area (Å²) in [7, 11) is 0. The predicted molar refractivity (Wildman–Crippen MR) is 97.8 cm³/mol. The van der Waals surface area contributed by atoms with Crippen LogP contribution >= 0.6 is 11.8 Å². The van der Waals surface area contributed by atoms with Crippen LogP contribution in [0.4, 0.5) is 14.5 Å². The number of hydrogen-bond acceptors (Lipinski definition) is 3. The second kappa shape index (κ2) is 8.34. The van der Waals surface area contributed by atoms with Gasteiger partial charge in [0.15, 0.2) is 0 Å². The zero-order valence-corrected chi connectivity index (χ0v) is 14.6. The SMILES string of the molecule is O=C(CSCc1ccccc1F)N1CCN(c2ccc(F)cc2)CC1. The molecule has 0 aromatic heterocycles. The van der Waals surface area contributed by atoms with Crippen LogP contribution in [0.1, 0.15) is 5.56 Å². The summed E-state index contributed by atoms with van der Waals surface area (Å²) in [5.74, 6) is 0.457. The van der Waals surface area contributed by atoms with Crippen LogP contribution in [0.2, 0.25) is 0 Å². The highest BCUT2D eigenvalue weighted by Gasteiger charge is 2.21. The first-order chi connectivity index (χ1) is 12.1. The average Bonchev–Trinajstić information content (AvgIpc) is 2.64. The summed E-state index contributed by atoms with van der Waals surface area (Å²) in [5, 5.41) is 0. The fourth-order valence-electron chi connectivity index (χ4n) is 2.82. The topological polar surface area (TPSA) is 23.6 Å². The van der Waals surface area contributed by atoms with E-state index in [0.29, 0.717) is 30.2 Å². The molecule has 2 aromatic rings. The van der Waals surface area contributed by atoms with Gasteiger partial charge in [0.2, 0.25) is 5.91 Å². The lowest BCUT2D eigenvalue weighted by molar-refractivity contribution is -0.128. The highest BCUT2D eigenvalue weighted by molar-refractivity contribution is 7.99. The van der Waals surface area contributed by atoms with Crippen molar-refractivity contribution in [2.24, 2.45) is 0 Å². The van der Waals surface area contributed by atoms with Gasteiger partial charge in [0.05, 0.1) is 5.75 Å². The first-order valence-corrected chi connectivity index (χ1v) is 9.38.